The maximum atomic E-state index is 12.0. The minimum absolute atomic E-state index is 0.0732. The Morgan fingerprint density at radius 2 is 1.88 bits per heavy atom. The number of hydrogen-bond acceptors (Lipinski definition) is 4. The molecule has 0 aromatic heterocycles. The highest BCUT2D eigenvalue weighted by Gasteiger charge is 2.58. The molecule has 0 aromatic rings. The lowest BCUT2D eigenvalue weighted by molar-refractivity contribution is -0.175. The Morgan fingerprint density at radius 1 is 1.18 bits per heavy atom. The molecule has 0 aromatic carbocycles. The zero-order valence-corrected chi connectivity index (χ0v) is 10.4. The van der Waals surface area contributed by atoms with Crippen LogP contribution in [0.2, 0.25) is 0 Å². The van der Waals surface area contributed by atoms with Crippen LogP contribution in [0.3, 0.4) is 0 Å². The second-order valence-corrected chi connectivity index (χ2v) is 5.01. The molecule has 4 atom stereocenters. The molecule has 17 heavy (non-hydrogen) atoms. The number of esters is 2. The molecule has 0 amide bonds. The normalized spacial score (nSPS) is 38.9. The Labute approximate surface area is 101 Å². The number of carbonyl (C=O) groups is 2. The molecule has 94 valence electrons. The summed E-state index contributed by atoms with van der Waals surface area (Å²) < 4.78 is 9.74. The molecule has 2 bridgehead atoms. The minimum atomic E-state index is -0.778. The standard InChI is InChI=1S/C13H18O4/c1-13(12(15)17-3)9-6-4-8(5-7-9)10(13)11(14)16-2/h4,6,8-10H,5,7H2,1-3H3. The molecule has 1 fully saturated rings. The highest BCUT2D eigenvalue weighted by atomic mass is 16.5. The van der Waals surface area contributed by atoms with E-state index in [1.807, 2.05) is 19.1 Å². The maximum Gasteiger partial charge on any atom is 0.313 e. The Balaban J connectivity index is 2.43. The van der Waals surface area contributed by atoms with Crippen molar-refractivity contribution in [2.24, 2.45) is 23.2 Å². The summed E-state index contributed by atoms with van der Waals surface area (Å²) in [5.74, 6) is -0.867. The van der Waals surface area contributed by atoms with Gasteiger partial charge in [-0.3, -0.25) is 9.59 Å². The predicted octanol–water partition coefficient (Wildman–Crippen LogP) is 1.55. The first-order chi connectivity index (χ1) is 8.05. The third-order valence-corrected chi connectivity index (χ3v) is 4.33. The van der Waals surface area contributed by atoms with Gasteiger partial charge < -0.3 is 9.47 Å². The van der Waals surface area contributed by atoms with Crippen LogP contribution in [-0.2, 0) is 19.1 Å². The fourth-order valence-corrected chi connectivity index (χ4v) is 3.34. The van der Waals surface area contributed by atoms with Gasteiger partial charge in [-0.2, -0.15) is 0 Å². The molecule has 3 rings (SSSR count). The van der Waals surface area contributed by atoms with E-state index in [4.69, 9.17) is 9.47 Å². The average molecular weight is 238 g/mol. The molecule has 3 aliphatic rings. The highest BCUT2D eigenvalue weighted by Crippen LogP contribution is 2.53. The molecule has 0 N–H and O–H groups in total. The number of ether oxygens (including phenoxy) is 2. The molecule has 3 aliphatic carbocycles. The van der Waals surface area contributed by atoms with Gasteiger partial charge in [0.05, 0.1) is 25.6 Å². The van der Waals surface area contributed by atoms with Crippen molar-refractivity contribution in [3.8, 4) is 0 Å². The Kier molecular flexibility index (Phi) is 2.98. The van der Waals surface area contributed by atoms with Crippen molar-refractivity contribution in [1.29, 1.82) is 0 Å². The average Bonchev–Trinajstić information content (AvgIpc) is 2.38. The molecular formula is C13H18O4. The number of rotatable bonds is 2. The molecule has 0 heterocycles. The van der Waals surface area contributed by atoms with E-state index in [-0.39, 0.29) is 23.8 Å². The second-order valence-electron chi connectivity index (χ2n) is 5.01. The van der Waals surface area contributed by atoms with E-state index >= 15 is 0 Å². The zero-order valence-electron chi connectivity index (χ0n) is 10.4. The second kappa shape index (κ2) is 4.17. The van der Waals surface area contributed by atoms with Crippen molar-refractivity contribution >= 4 is 11.9 Å². The van der Waals surface area contributed by atoms with Crippen molar-refractivity contribution in [2.75, 3.05) is 14.2 Å². The predicted molar refractivity (Wildman–Crippen MR) is 61.0 cm³/mol. The van der Waals surface area contributed by atoms with E-state index in [0.717, 1.165) is 12.8 Å². The van der Waals surface area contributed by atoms with Crippen LogP contribution in [0.4, 0.5) is 0 Å². The van der Waals surface area contributed by atoms with E-state index in [1.54, 1.807) is 0 Å². The number of fused-ring (bicyclic) bond motifs is 2. The fourth-order valence-electron chi connectivity index (χ4n) is 3.34. The van der Waals surface area contributed by atoms with Gasteiger partial charge in [-0.1, -0.05) is 12.2 Å². The van der Waals surface area contributed by atoms with Gasteiger partial charge in [0.2, 0.25) is 0 Å². The van der Waals surface area contributed by atoms with Crippen LogP contribution >= 0.6 is 0 Å². The van der Waals surface area contributed by atoms with E-state index < -0.39 is 11.3 Å². The topological polar surface area (TPSA) is 52.6 Å². The van der Waals surface area contributed by atoms with Gasteiger partial charge in [-0.05, 0) is 31.6 Å². The largest absolute Gasteiger partial charge is 0.469 e. The highest BCUT2D eigenvalue weighted by molar-refractivity contribution is 5.86. The van der Waals surface area contributed by atoms with Gasteiger partial charge in [0.1, 0.15) is 0 Å². The van der Waals surface area contributed by atoms with Gasteiger partial charge >= 0.3 is 11.9 Å². The lowest BCUT2D eigenvalue weighted by Gasteiger charge is -2.49. The van der Waals surface area contributed by atoms with Gasteiger partial charge in [0, 0.05) is 0 Å². The fraction of sp³-hybridized carbons (Fsp3) is 0.692. The van der Waals surface area contributed by atoms with E-state index in [2.05, 4.69) is 0 Å². The molecule has 0 spiro atoms. The van der Waals surface area contributed by atoms with Gasteiger partial charge in [-0.25, -0.2) is 0 Å². The van der Waals surface area contributed by atoms with E-state index in [9.17, 15) is 9.59 Å². The van der Waals surface area contributed by atoms with Gasteiger partial charge in [-0.15, -0.1) is 0 Å². The molecule has 0 saturated heterocycles. The number of methoxy groups -OCH3 is 2. The quantitative estimate of drug-likeness (QED) is 0.541. The van der Waals surface area contributed by atoms with Crippen LogP contribution < -0.4 is 0 Å². The summed E-state index contributed by atoms with van der Waals surface area (Å²) in [5, 5.41) is 0. The Bertz CT molecular complexity index is 374. The Morgan fingerprint density at radius 3 is 2.35 bits per heavy atom. The molecule has 0 radical (unpaired) electrons. The summed E-state index contributed by atoms with van der Waals surface area (Å²) in [5.41, 5.74) is -0.778. The summed E-state index contributed by atoms with van der Waals surface area (Å²) in [6.07, 6.45) is 5.96. The number of allylic oxidation sites excluding steroid dienone is 2. The van der Waals surface area contributed by atoms with Gasteiger partial charge in [0.15, 0.2) is 0 Å². The lowest BCUT2D eigenvalue weighted by atomic mass is 9.54. The lowest BCUT2D eigenvalue weighted by Crippen LogP contribution is -2.54. The van der Waals surface area contributed by atoms with E-state index in [0.29, 0.717) is 0 Å². The van der Waals surface area contributed by atoms with Crippen molar-refractivity contribution in [3.05, 3.63) is 12.2 Å². The molecule has 4 nitrogen and oxygen atoms in total. The maximum absolute atomic E-state index is 12.0. The summed E-state index contributed by atoms with van der Waals surface area (Å²) in [7, 11) is 2.74. The van der Waals surface area contributed by atoms with Crippen LogP contribution in [0.15, 0.2) is 12.2 Å². The van der Waals surface area contributed by atoms with Crippen LogP contribution in [0, 0.1) is 23.2 Å². The molecule has 4 unspecified atom stereocenters. The first kappa shape index (κ1) is 12.1. The summed E-state index contributed by atoms with van der Waals surface area (Å²) in [4.78, 5) is 24.0. The third kappa shape index (κ3) is 1.58. The summed E-state index contributed by atoms with van der Waals surface area (Å²) in [6.45, 7) is 1.82. The number of hydrogen-bond donors (Lipinski definition) is 0. The zero-order chi connectivity index (χ0) is 12.6. The monoisotopic (exact) mass is 238 g/mol. The molecule has 0 aliphatic heterocycles. The summed E-state index contributed by atoms with van der Waals surface area (Å²) >= 11 is 0. The van der Waals surface area contributed by atoms with Crippen LogP contribution in [0.1, 0.15) is 19.8 Å². The van der Waals surface area contributed by atoms with Crippen LogP contribution in [-0.4, -0.2) is 26.2 Å². The van der Waals surface area contributed by atoms with Gasteiger partial charge in [0.25, 0.3) is 0 Å². The first-order valence-electron chi connectivity index (χ1n) is 5.90. The van der Waals surface area contributed by atoms with Crippen molar-refractivity contribution in [1.82, 2.24) is 0 Å². The van der Waals surface area contributed by atoms with Crippen molar-refractivity contribution in [2.45, 2.75) is 19.8 Å². The Hall–Kier alpha value is -1.32. The molecular weight excluding hydrogens is 220 g/mol. The van der Waals surface area contributed by atoms with E-state index in [1.165, 1.54) is 14.2 Å². The van der Waals surface area contributed by atoms with Crippen LogP contribution in [0.5, 0.6) is 0 Å². The van der Waals surface area contributed by atoms with Crippen molar-refractivity contribution in [3.63, 3.8) is 0 Å². The third-order valence-electron chi connectivity index (χ3n) is 4.33. The number of carbonyl (C=O) groups excluding carboxylic acids is 2. The SMILES string of the molecule is COC(=O)C1C2C=CC(CC2)C1(C)C(=O)OC. The molecule has 1 saturated carbocycles. The van der Waals surface area contributed by atoms with Crippen molar-refractivity contribution < 1.29 is 19.1 Å². The smallest absolute Gasteiger partial charge is 0.313 e. The first-order valence-corrected chi connectivity index (χ1v) is 5.90. The molecule has 4 heteroatoms. The van der Waals surface area contributed by atoms with Crippen LogP contribution in [0.25, 0.3) is 0 Å². The minimum Gasteiger partial charge on any atom is -0.469 e. The summed E-state index contributed by atoms with van der Waals surface area (Å²) in [6, 6.07) is 0.